The van der Waals surface area contributed by atoms with Gasteiger partial charge >= 0.3 is 0 Å². The molecule has 0 aliphatic carbocycles. The van der Waals surface area contributed by atoms with E-state index in [1.54, 1.807) is 4.90 Å². The summed E-state index contributed by atoms with van der Waals surface area (Å²) in [5, 5.41) is 0. The van der Waals surface area contributed by atoms with Crippen LogP contribution in [0.5, 0.6) is 5.75 Å². The van der Waals surface area contributed by atoms with E-state index < -0.39 is 0 Å². The number of hydrogen-bond acceptors (Lipinski definition) is 4. The fourth-order valence-corrected chi connectivity index (χ4v) is 2.04. The lowest BCUT2D eigenvalue weighted by molar-refractivity contribution is -0.140. The Morgan fingerprint density at radius 1 is 1.58 bits per heavy atom. The number of morpholine rings is 1. The quantitative estimate of drug-likeness (QED) is 0.872. The van der Waals surface area contributed by atoms with E-state index in [1.165, 1.54) is 0 Å². The number of nitrogens with zero attached hydrogens (tertiary/aromatic N) is 1. The van der Waals surface area contributed by atoms with Crippen LogP contribution in [0.1, 0.15) is 12.5 Å². The Bertz CT molecular complexity index is 436. The number of rotatable bonds is 4. The molecule has 5 nitrogen and oxygen atoms in total. The first-order chi connectivity index (χ1) is 9.19. The Morgan fingerprint density at radius 2 is 2.42 bits per heavy atom. The summed E-state index contributed by atoms with van der Waals surface area (Å²) in [6.45, 7) is 4.34. The van der Waals surface area contributed by atoms with Crippen molar-refractivity contribution in [2.24, 2.45) is 5.73 Å². The molecule has 1 aromatic carbocycles. The van der Waals surface area contributed by atoms with Crippen molar-refractivity contribution in [2.45, 2.75) is 19.6 Å². The second-order valence-corrected chi connectivity index (χ2v) is 4.66. The lowest BCUT2D eigenvalue weighted by Crippen LogP contribution is -2.46. The van der Waals surface area contributed by atoms with Gasteiger partial charge in [-0.05, 0) is 24.6 Å². The van der Waals surface area contributed by atoms with Crippen molar-refractivity contribution in [1.29, 1.82) is 0 Å². The fraction of sp³-hybridized carbons (Fsp3) is 0.500. The molecule has 5 heteroatoms. The third-order valence-corrected chi connectivity index (χ3v) is 3.09. The molecule has 19 heavy (non-hydrogen) atoms. The zero-order chi connectivity index (χ0) is 13.7. The van der Waals surface area contributed by atoms with Gasteiger partial charge in [0, 0.05) is 19.6 Å². The normalized spacial score (nSPS) is 19.3. The average Bonchev–Trinajstić information content (AvgIpc) is 2.45. The van der Waals surface area contributed by atoms with E-state index in [1.807, 2.05) is 31.2 Å². The number of nitrogens with two attached hydrogens (primary N) is 1. The predicted octanol–water partition coefficient (Wildman–Crippen LogP) is 0.771. The van der Waals surface area contributed by atoms with Crippen LogP contribution in [0.4, 0.5) is 0 Å². The van der Waals surface area contributed by atoms with Crippen LogP contribution in [0, 0.1) is 0 Å². The monoisotopic (exact) mass is 264 g/mol. The Kier molecular flexibility index (Phi) is 4.76. The standard InChI is InChI=1S/C14H20N2O3/c1-11-9-16(5-6-18-11)14(17)10-19-13-4-2-3-12(7-13)8-15/h2-4,7,11H,5-6,8-10,15H2,1H3. The summed E-state index contributed by atoms with van der Waals surface area (Å²) in [5.41, 5.74) is 6.55. The van der Waals surface area contributed by atoms with Crippen LogP contribution in [0.2, 0.25) is 0 Å². The smallest absolute Gasteiger partial charge is 0.260 e. The number of carbonyl (C=O) groups excluding carboxylic acids is 1. The van der Waals surface area contributed by atoms with Crippen molar-refractivity contribution >= 4 is 5.91 Å². The van der Waals surface area contributed by atoms with E-state index in [0.29, 0.717) is 32.0 Å². The van der Waals surface area contributed by atoms with Gasteiger partial charge in [0.1, 0.15) is 5.75 Å². The minimum Gasteiger partial charge on any atom is -0.484 e. The maximum atomic E-state index is 12.0. The SMILES string of the molecule is CC1CN(C(=O)COc2cccc(CN)c2)CCO1. The summed E-state index contributed by atoms with van der Waals surface area (Å²) in [6, 6.07) is 7.49. The molecule has 0 aromatic heterocycles. The molecule has 1 heterocycles. The van der Waals surface area contributed by atoms with Crippen LogP contribution in [0.3, 0.4) is 0 Å². The van der Waals surface area contributed by atoms with E-state index >= 15 is 0 Å². The van der Waals surface area contributed by atoms with Gasteiger partial charge in [0.2, 0.25) is 0 Å². The largest absolute Gasteiger partial charge is 0.484 e. The Morgan fingerprint density at radius 3 is 3.16 bits per heavy atom. The zero-order valence-corrected chi connectivity index (χ0v) is 11.2. The molecule has 1 aromatic rings. The van der Waals surface area contributed by atoms with Crippen LogP contribution in [-0.4, -0.2) is 43.2 Å². The Hall–Kier alpha value is -1.59. The summed E-state index contributed by atoms with van der Waals surface area (Å²) in [4.78, 5) is 13.8. The molecule has 1 saturated heterocycles. The first-order valence-corrected chi connectivity index (χ1v) is 6.50. The average molecular weight is 264 g/mol. The van der Waals surface area contributed by atoms with Gasteiger partial charge in [-0.25, -0.2) is 0 Å². The molecule has 1 amide bonds. The molecule has 0 bridgehead atoms. The summed E-state index contributed by atoms with van der Waals surface area (Å²) >= 11 is 0. The van der Waals surface area contributed by atoms with Gasteiger partial charge < -0.3 is 20.1 Å². The molecule has 2 rings (SSSR count). The highest BCUT2D eigenvalue weighted by atomic mass is 16.5. The summed E-state index contributed by atoms with van der Waals surface area (Å²) in [6.07, 6.45) is 0.0956. The molecule has 1 unspecified atom stereocenters. The molecule has 0 saturated carbocycles. The maximum Gasteiger partial charge on any atom is 0.260 e. The molecule has 1 fully saturated rings. The molecule has 1 aliphatic rings. The van der Waals surface area contributed by atoms with Crippen LogP contribution in [0.25, 0.3) is 0 Å². The zero-order valence-electron chi connectivity index (χ0n) is 11.2. The van der Waals surface area contributed by atoms with Crippen LogP contribution < -0.4 is 10.5 Å². The van der Waals surface area contributed by atoms with Crippen molar-refractivity contribution in [2.75, 3.05) is 26.3 Å². The van der Waals surface area contributed by atoms with Gasteiger partial charge in [-0.3, -0.25) is 4.79 Å². The fourth-order valence-electron chi connectivity index (χ4n) is 2.04. The number of amides is 1. The second kappa shape index (κ2) is 6.54. The summed E-state index contributed by atoms with van der Waals surface area (Å²) in [5.74, 6) is 0.672. The van der Waals surface area contributed by atoms with Gasteiger partial charge in [-0.2, -0.15) is 0 Å². The van der Waals surface area contributed by atoms with Gasteiger partial charge in [0.05, 0.1) is 12.7 Å². The van der Waals surface area contributed by atoms with Crippen molar-refractivity contribution in [3.63, 3.8) is 0 Å². The molecule has 0 radical (unpaired) electrons. The van der Waals surface area contributed by atoms with Gasteiger partial charge in [-0.15, -0.1) is 0 Å². The van der Waals surface area contributed by atoms with Crippen molar-refractivity contribution in [3.05, 3.63) is 29.8 Å². The summed E-state index contributed by atoms with van der Waals surface area (Å²) < 4.78 is 10.9. The Labute approximate surface area is 113 Å². The number of benzene rings is 1. The molecule has 1 atom stereocenters. The van der Waals surface area contributed by atoms with E-state index in [9.17, 15) is 4.79 Å². The lowest BCUT2D eigenvalue weighted by Gasteiger charge is -2.31. The minimum absolute atomic E-state index is 0.00620. The summed E-state index contributed by atoms with van der Waals surface area (Å²) in [7, 11) is 0. The third-order valence-electron chi connectivity index (χ3n) is 3.09. The second-order valence-electron chi connectivity index (χ2n) is 4.66. The maximum absolute atomic E-state index is 12.0. The van der Waals surface area contributed by atoms with Crippen LogP contribution >= 0.6 is 0 Å². The molecule has 2 N–H and O–H groups in total. The third kappa shape index (κ3) is 3.94. The lowest BCUT2D eigenvalue weighted by atomic mass is 10.2. The highest BCUT2D eigenvalue weighted by Crippen LogP contribution is 2.13. The van der Waals surface area contributed by atoms with Gasteiger partial charge in [0.15, 0.2) is 6.61 Å². The van der Waals surface area contributed by atoms with Crippen LogP contribution in [0.15, 0.2) is 24.3 Å². The first-order valence-electron chi connectivity index (χ1n) is 6.50. The van der Waals surface area contributed by atoms with Crippen LogP contribution in [-0.2, 0) is 16.1 Å². The van der Waals surface area contributed by atoms with Gasteiger partial charge in [-0.1, -0.05) is 12.1 Å². The molecular weight excluding hydrogens is 244 g/mol. The van der Waals surface area contributed by atoms with E-state index in [-0.39, 0.29) is 18.6 Å². The number of ether oxygens (including phenoxy) is 2. The highest BCUT2D eigenvalue weighted by molar-refractivity contribution is 5.77. The minimum atomic E-state index is -0.00620. The molecule has 0 spiro atoms. The molecule has 1 aliphatic heterocycles. The Balaban J connectivity index is 1.85. The highest BCUT2D eigenvalue weighted by Gasteiger charge is 2.21. The van der Waals surface area contributed by atoms with E-state index in [4.69, 9.17) is 15.2 Å². The first kappa shape index (κ1) is 13.8. The van der Waals surface area contributed by atoms with Crippen molar-refractivity contribution in [3.8, 4) is 5.75 Å². The number of hydrogen-bond donors (Lipinski definition) is 1. The number of carbonyl (C=O) groups is 1. The van der Waals surface area contributed by atoms with E-state index in [2.05, 4.69) is 0 Å². The van der Waals surface area contributed by atoms with Gasteiger partial charge in [0.25, 0.3) is 5.91 Å². The van der Waals surface area contributed by atoms with Crippen molar-refractivity contribution < 1.29 is 14.3 Å². The van der Waals surface area contributed by atoms with E-state index in [0.717, 1.165) is 5.56 Å². The predicted molar refractivity (Wildman–Crippen MR) is 71.8 cm³/mol. The topological polar surface area (TPSA) is 64.8 Å². The molecular formula is C14H20N2O3. The molecule has 104 valence electrons. The van der Waals surface area contributed by atoms with Crippen molar-refractivity contribution in [1.82, 2.24) is 4.90 Å².